The van der Waals surface area contributed by atoms with Gasteiger partial charge in [-0.2, -0.15) is 0 Å². The molecule has 1 aliphatic rings. The zero-order chi connectivity index (χ0) is 20.9. The highest BCUT2D eigenvalue weighted by atomic mass is 16.2. The van der Waals surface area contributed by atoms with Gasteiger partial charge in [0.05, 0.1) is 0 Å². The molecule has 0 bridgehead atoms. The zero-order valence-electron chi connectivity index (χ0n) is 18.8. The fraction of sp³-hybridized carbons (Fsp3) is 0.519. The van der Waals surface area contributed by atoms with Crippen LogP contribution >= 0.6 is 0 Å². The zero-order valence-corrected chi connectivity index (χ0v) is 18.8. The van der Waals surface area contributed by atoms with Crippen LogP contribution in [0.1, 0.15) is 81.0 Å². The van der Waals surface area contributed by atoms with Crippen molar-refractivity contribution in [1.82, 2.24) is 0 Å². The maximum atomic E-state index is 13.1. The van der Waals surface area contributed by atoms with Crippen LogP contribution < -0.4 is 4.90 Å². The normalized spacial score (nSPS) is 18.1. The van der Waals surface area contributed by atoms with E-state index in [0.717, 1.165) is 31.5 Å². The van der Waals surface area contributed by atoms with Gasteiger partial charge in [-0.25, -0.2) is 0 Å². The molecule has 3 rings (SSSR count). The summed E-state index contributed by atoms with van der Waals surface area (Å²) in [5.41, 5.74) is 6.49. The van der Waals surface area contributed by atoms with Gasteiger partial charge in [0.2, 0.25) is 5.91 Å². The third-order valence-corrected chi connectivity index (χ3v) is 6.44. The summed E-state index contributed by atoms with van der Waals surface area (Å²) in [5.74, 6) is 0.297. The van der Waals surface area contributed by atoms with Crippen LogP contribution in [0.4, 0.5) is 5.69 Å². The lowest BCUT2D eigenvalue weighted by molar-refractivity contribution is -0.118. The van der Waals surface area contributed by atoms with Crippen LogP contribution in [0.15, 0.2) is 42.5 Å². The van der Waals surface area contributed by atoms with Gasteiger partial charge in [0.1, 0.15) is 0 Å². The van der Waals surface area contributed by atoms with E-state index in [1.54, 1.807) is 0 Å². The van der Waals surface area contributed by atoms with Crippen LogP contribution in [0.3, 0.4) is 0 Å². The number of nitrogens with zero attached hydrogens (tertiary/aromatic N) is 1. The molecule has 0 radical (unpaired) electrons. The van der Waals surface area contributed by atoms with Crippen LogP contribution in [0.5, 0.6) is 0 Å². The number of hydrogen-bond acceptors (Lipinski definition) is 1. The minimum atomic E-state index is 0.0168. The summed E-state index contributed by atoms with van der Waals surface area (Å²) in [4.78, 5) is 15.1. The van der Waals surface area contributed by atoms with Crippen LogP contribution in [0.25, 0.3) is 0 Å². The molecule has 1 heterocycles. The van der Waals surface area contributed by atoms with Crippen LogP contribution in [0, 0.1) is 13.8 Å². The number of unbranched alkanes of at least 4 members (excludes halogenated alkanes) is 4. The number of benzene rings is 2. The molecule has 1 unspecified atom stereocenters. The lowest BCUT2D eigenvalue weighted by atomic mass is 9.79. The van der Waals surface area contributed by atoms with Gasteiger partial charge in [0, 0.05) is 24.1 Å². The molecule has 29 heavy (non-hydrogen) atoms. The fourth-order valence-corrected chi connectivity index (χ4v) is 4.63. The molecule has 2 aromatic carbocycles. The molecule has 0 fully saturated rings. The minimum Gasteiger partial charge on any atom is -0.311 e. The second-order valence-electron chi connectivity index (χ2n) is 9.21. The Kier molecular flexibility index (Phi) is 7.16. The maximum Gasteiger partial charge on any atom is 0.227 e. The second kappa shape index (κ2) is 9.61. The summed E-state index contributed by atoms with van der Waals surface area (Å²) in [6, 6.07) is 15.4. The van der Waals surface area contributed by atoms with E-state index < -0.39 is 0 Å². The summed E-state index contributed by atoms with van der Waals surface area (Å²) in [5, 5.41) is 0. The van der Waals surface area contributed by atoms with E-state index in [-0.39, 0.29) is 5.41 Å². The van der Waals surface area contributed by atoms with Crippen molar-refractivity contribution < 1.29 is 4.79 Å². The van der Waals surface area contributed by atoms with Crippen molar-refractivity contribution in [2.75, 3.05) is 11.4 Å². The third kappa shape index (κ3) is 5.29. The lowest BCUT2D eigenvalue weighted by Gasteiger charge is -2.26. The quantitative estimate of drug-likeness (QED) is 0.426. The number of amides is 1. The Hall–Kier alpha value is -2.09. The monoisotopic (exact) mass is 391 g/mol. The summed E-state index contributed by atoms with van der Waals surface area (Å²) in [6.45, 7) is 9.69. The molecule has 2 heteroatoms. The van der Waals surface area contributed by atoms with Crippen molar-refractivity contribution in [3.63, 3.8) is 0 Å². The predicted octanol–water partition coefficient (Wildman–Crippen LogP) is 6.90. The predicted molar refractivity (Wildman–Crippen MR) is 124 cm³/mol. The molecule has 2 nitrogen and oxygen atoms in total. The van der Waals surface area contributed by atoms with Crippen molar-refractivity contribution in [3.8, 4) is 0 Å². The van der Waals surface area contributed by atoms with E-state index in [1.807, 2.05) is 0 Å². The van der Waals surface area contributed by atoms with Crippen molar-refractivity contribution in [3.05, 3.63) is 64.7 Å². The van der Waals surface area contributed by atoms with E-state index >= 15 is 0 Å². The highest BCUT2D eigenvalue weighted by Gasteiger charge is 2.40. The SMILES string of the molecule is CCCCCCCC(=O)N1CC(C)(CCc2cccc(C)c2)c2cc(C)ccc21. The summed E-state index contributed by atoms with van der Waals surface area (Å²) in [6.07, 6.45) is 8.72. The molecular formula is C27H37NO. The molecule has 0 spiro atoms. The Morgan fingerprint density at radius 3 is 2.52 bits per heavy atom. The van der Waals surface area contributed by atoms with E-state index in [4.69, 9.17) is 0 Å². The molecule has 156 valence electrons. The van der Waals surface area contributed by atoms with Gasteiger partial charge >= 0.3 is 0 Å². The summed E-state index contributed by atoms with van der Waals surface area (Å²) in [7, 11) is 0. The van der Waals surface area contributed by atoms with Gasteiger partial charge in [-0.15, -0.1) is 0 Å². The Morgan fingerprint density at radius 2 is 1.76 bits per heavy atom. The number of aryl methyl sites for hydroxylation is 3. The maximum absolute atomic E-state index is 13.1. The Balaban J connectivity index is 1.72. The number of fused-ring (bicyclic) bond motifs is 1. The number of hydrogen-bond donors (Lipinski definition) is 0. The smallest absolute Gasteiger partial charge is 0.227 e. The second-order valence-corrected chi connectivity index (χ2v) is 9.21. The van der Waals surface area contributed by atoms with Crippen molar-refractivity contribution in [2.45, 2.75) is 84.5 Å². The molecule has 0 saturated carbocycles. The van der Waals surface area contributed by atoms with Gasteiger partial charge in [-0.1, -0.05) is 87.1 Å². The first-order chi connectivity index (χ1) is 13.9. The highest BCUT2D eigenvalue weighted by Crippen LogP contribution is 2.44. The Labute approximate surface area is 177 Å². The third-order valence-electron chi connectivity index (χ3n) is 6.44. The largest absolute Gasteiger partial charge is 0.311 e. The molecule has 0 saturated heterocycles. The first-order valence-electron chi connectivity index (χ1n) is 11.4. The molecule has 0 aliphatic carbocycles. The average molecular weight is 392 g/mol. The van der Waals surface area contributed by atoms with Gasteiger partial charge in [0.15, 0.2) is 0 Å². The highest BCUT2D eigenvalue weighted by molar-refractivity contribution is 5.96. The number of rotatable bonds is 9. The number of anilines is 1. The summed E-state index contributed by atoms with van der Waals surface area (Å²) < 4.78 is 0. The first-order valence-corrected chi connectivity index (χ1v) is 11.4. The van der Waals surface area contributed by atoms with Crippen LogP contribution in [-0.2, 0) is 16.6 Å². The average Bonchev–Trinajstić information content (AvgIpc) is 2.99. The standard InChI is InChI=1S/C27H37NO/c1-5-6-7-8-9-13-26(29)28-20-27(4,24-19-22(3)14-15-25(24)28)17-16-23-12-10-11-21(2)18-23/h10-12,14-15,18-19H,5-9,13,16-17,20H2,1-4H3. The molecule has 0 N–H and O–H groups in total. The molecule has 0 aromatic heterocycles. The molecular weight excluding hydrogens is 354 g/mol. The molecule has 1 aliphatic heterocycles. The first kappa shape index (κ1) is 21.6. The van der Waals surface area contributed by atoms with Crippen LogP contribution in [0.2, 0.25) is 0 Å². The lowest BCUT2D eigenvalue weighted by Crippen LogP contribution is -2.35. The van der Waals surface area contributed by atoms with Crippen molar-refractivity contribution in [2.24, 2.45) is 0 Å². The van der Waals surface area contributed by atoms with E-state index in [9.17, 15) is 4.79 Å². The van der Waals surface area contributed by atoms with Gasteiger partial charge in [0.25, 0.3) is 0 Å². The Morgan fingerprint density at radius 1 is 1.00 bits per heavy atom. The Bertz CT molecular complexity index is 840. The van der Waals surface area contributed by atoms with Gasteiger partial charge in [-0.05, 0) is 50.3 Å². The van der Waals surface area contributed by atoms with E-state index in [1.165, 1.54) is 47.9 Å². The molecule has 1 amide bonds. The van der Waals surface area contributed by atoms with E-state index in [0.29, 0.717) is 12.3 Å². The van der Waals surface area contributed by atoms with Gasteiger partial charge < -0.3 is 4.90 Å². The van der Waals surface area contributed by atoms with Crippen molar-refractivity contribution >= 4 is 11.6 Å². The van der Waals surface area contributed by atoms with E-state index in [2.05, 4.69) is 75.1 Å². The summed E-state index contributed by atoms with van der Waals surface area (Å²) >= 11 is 0. The molecule has 1 atom stereocenters. The minimum absolute atomic E-state index is 0.0168. The molecule has 2 aromatic rings. The van der Waals surface area contributed by atoms with Gasteiger partial charge in [-0.3, -0.25) is 4.79 Å². The number of carbonyl (C=O) groups is 1. The topological polar surface area (TPSA) is 20.3 Å². The fourth-order valence-electron chi connectivity index (χ4n) is 4.63. The number of carbonyl (C=O) groups excluding carboxylic acids is 1. The van der Waals surface area contributed by atoms with Crippen LogP contribution in [-0.4, -0.2) is 12.5 Å². The van der Waals surface area contributed by atoms with Crippen molar-refractivity contribution in [1.29, 1.82) is 0 Å².